The SMILES string of the molecule is CCOc1ccc(C2CC(Cl)C(=O)N2Cc2ccc(OC(F)(F)F)cc2)cc1. The minimum atomic E-state index is -4.74. The van der Waals surface area contributed by atoms with Gasteiger partial charge in [0.15, 0.2) is 0 Å². The fourth-order valence-corrected chi connectivity index (χ4v) is 3.50. The Bertz CT molecular complexity index is 809. The van der Waals surface area contributed by atoms with Gasteiger partial charge in [-0.15, -0.1) is 24.8 Å². The molecule has 1 amide bonds. The molecule has 4 nitrogen and oxygen atoms in total. The lowest BCUT2D eigenvalue weighted by molar-refractivity contribution is -0.274. The standard InChI is InChI=1S/C20H19ClF3NO3/c1-2-27-15-9-5-14(6-10-15)18-11-17(21)19(26)25(18)12-13-3-7-16(8-4-13)28-20(22,23)24/h3-10,17-18H,2,11-12H2,1H3. The second-order valence-electron chi connectivity index (χ2n) is 6.38. The van der Waals surface area contributed by atoms with Crippen LogP contribution < -0.4 is 9.47 Å². The number of hydrogen-bond donors (Lipinski definition) is 0. The summed E-state index contributed by atoms with van der Waals surface area (Å²) in [5.41, 5.74) is 1.61. The highest BCUT2D eigenvalue weighted by molar-refractivity contribution is 6.31. The maximum absolute atomic E-state index is 12.5. The zero-order chi connectivity index (χ0) is 20.3. The number of likely N-dealkylation sites (tertiary alicyclic amines) is 1. The Morgan fingerprint density at radius 2 is 1.68 bits per heavy atom. The van der Waals surface area contributed by atoms with Crippen molar-refractivity contribution < 1.29 is 27.4 Å². The van der Waals surface area contributed by atoms with Crippen molar-refractivity contribution in [2.75, 3.05) is 6.61 Å². The minimum Gasteiger partial charge on any atom is -0.494 e. The fourth-order valence-electron chi connectivity index (χ4n) is 3.21. The summed E-state index contributed by atoms with van der Waals surface area (Å²) in [5.74, 6) is 0.239. The van der Waals surface area contributed by atoms with Gasteiger partial charge in [0.1, 0.15) is 16.9 Å². The summed E-state index contributed by atoms with van der Waals surface area (Å²) in [6.45, 7) is 2.70. The molecule has 1 fully saturated rings. The largest absolute Gasteiger partial charge is 0.573 e. The number of rotatable bonds is 6. The number of hydrogen-bond acceptors (Lipinski definition) is 3. The number of ether oxygens (including phenoxy) is 2. The van der Waals surface area contributed by atoms with E-state index in [2.05, 4.69) is 4.74 Å². The average Bonchev–Trinajstić information content (AvgIpc) is 2.91. The zero-order valence-electron chi connectivity index (χ0n) is 15.1. The van der Waals surface area contributed by atoms with Crippen molar-refractivity contribution in [1.82, 2.24) is 4.90 Å². The van der Waals surface area contributed by atoms with E-state index in [0.29, 0.717) is 18.6 Å². The first-order chi connectivity index (χ1) is 13.3. The van der Waals surface area contributed by atoms with E-state index in [1.54, 1.807) is 4.90 Å². The molecule has 2 aromatic rings. The van der Waals surface area contributed by atoms with Gasteiger partial charge in [-0.05, 0) is 48.7 Å². The Labute approximate surface area is 165 Å². The van der Waals surface area contributed by atoms with Crippen LogP contribution in [0, 0.1) is 0 Å². The van der Waals surface area contributed by atoms with Crippen LogP contribution in [-0.2, 0) is 11.3 Å². The molecule has 2 atom stereocenters. The third-order valence-corrected chi connectivity index (χ3v) is 4.81. The average molecular weight is 414 g/mol. The van der Waals surface area contributed by atoms with Gasteiger partial charge in [0.25, 0.3) is 0 Å². The van der Waals surface area contributed by atoms with Crippen molar-refractivity contribution in [3.63, 3.8) is 0 Å². The predicted molar refractivity (Wildman–Crippen MR) is 98.3 cm³/mol. The maximum Gasteiger partial charge on any atom is 0.573 e. The summed E-state index contributed by atoms with van der Waals surface area (Å²) in [6.07, 6.45) is -4.28. The highest BCUT2D eigenvalue weighted by Gasteiger charge is 2.39. The summed E-state index contributed by atoms with van der Waals surface area (Å²) < 4.78 is 46.2. The monoisotopic (exact) mass is 413 g/mol. The summed E-state index contributed by atoms with van der Waals surface area (Å²) in [5, 5.41) is -0.635. The highest BCUT2D eigenvalue weighted by atomic mass is 35.5. The highest BCUT2D eigenvalue weighted by Crippen LogP contribution is 2.37. The first kappa shape index (κ1) is 20.3. The van der Waals surface area contributed by atoms with E-state index in [-0.39, 0.29) is 24.2 Å². The van der Waals surface area contributed by atoms with Crippen LogP contribution in [0.1, 0.15) is 30.5 Å². The normalized spacial score (nSPS) is 19.8. The number of amides is 1. The van der Waals surface area contributed by atoms with Gasteiger partial charge >= 0.3 is 6.36 Å². The summed E-state index contributed by atoms with van der Waals surface area (Å²) in [6, 6.07) is 12.7. The molecule has 1 aliphatic heterocycles. The molecule has 0 radical (unpaired) electrons. The number of halogens is 4. The number of carbonyl (C=O) groups excluding carboxylic acids is 1. The number of carbonyl (C=O) groups is 1. The van der Waals surface area contributed by atoms with Gasteiger partial charge in [0.2, 0.25) is 5.91 Å². The molecule has 1 saturated heterocycles. The lowest BCUT2D eigenvalue weighted by Crippen LogP contribution is -2.29. The van der Waals surface area contributed by atoms with Crippen LogP contribution in [0.3, 0.4) is 0 Å². The van der Waals surface area contributed by atoms with Crippen molar-refractivity contribution in [2.45, 2.75) is 37.7 Å². The molecular formula is C20H19ClF3NO3. The van der Waals surface area contributed by atoms with Gasteiger partial charge in [-0.25, -0.2) is 0 Å². The molecule has 2 unspecified atom stereocenters. The van der Waals surface area contributed by atoms with Crippen LogP contribution in [0.15, 0.2) is 48.5 Å². The van der Waals surface area contributed by atoms with Crippen LogP contribution >= 0.6 is 11.6 Å². The maximum atomic E-state index is 12.5. The molecule has 150 valence electrons. The van der Waals surface area contributed by atoms with E-state index in [1.807, 2.05) is 31.2 Å². The molecule has 0 bridgehead atoms. The quantitative estimate of drug-likeness (QED) is 0.621. The van der Waals surface area contributed by atoms with Gasteiger partial charge in [0.05, 0.1) is 12.6 Å². The Morgan fingerprint density at radius 3 is 2.25 bits per heavy atom. The van der Waals surface area contributed by atoms with E-state index in [9.17, 15) is 18.0 Å². The first-order valence-corrected chi connectivity index (χ1v) is 9.22. The number of benzene rings is 2. The lowest BCUT2D eigenvalue weighted by Gasteiger charge is -2.25. The van der Waals surface area contributed by atoms with E-state index in [4.69, 9.17) is 16.3 Å². The van der Waals surface area contributed by atoms with Gasteiger partial charge < -0.3 is 14.4 Å². The van der Waals surface area contributed by atoms with Gasteiger partial charge in [-0.1, -0.05) is 24.3 Å². The van der Waals surface area contributed by atoms with E-state index in [0.717, 1.165) is 11.3 Å². The third kappa shape index (κ3) is 4.90. The fraction of sp³-hybridized carbons (Fsp3) is 0.350. The van der Waals surface area contributed by atoms with Gasteiger partial charge in [-0.3, -0.25) is 4.79 Å². The van der Waals surface area contributed by atoms with Crippen LogP contribution in [0.4, 0.5) is 13.2 Å². The topological polar surface area (TPSA) is 38.8 Å². The molecule has 0 saturated carbocycles. The second kappa shape index (κ2) is 8.31. The predicted octanol–water partition coefficient (Wildman–Crippen LogP) is 5.06. The van der Waals surface area contributed by atoms with Crippen molar-refractivity contribution in [2.24, 2.45) is 0 Å². The molecule has 28 heavy (non-hydrogen) atoms. The molecule has 0 aromatic heterocycles. The number of nitrogens with zero attached hydrogens (tertiary/aromatic N) is 1. The molecule has 8 heteroatoms. The molecule has 1 heterocycles. The first-order valence-electron chi connectivity index (χ1n) is 8.79. The van der Waals surface area contributed by atoms with Crippen molar-refractivity contribution in [3.05, 3.63) is 59.7 Å². The van der Waals surface area contributed by atoms with E-state index < -0.39 is 11.7 Å². The molecule has 0 N–H and O–H groups in total. The third-order valence-electron chi connectivity index (χ3n) is 4.44. The summed E-state index contributed by atoms with van der Waals surface area (Å²) >= 11 is 6.19. The van der Waals surface area contributed by atoms with Crippen LogP contribution in [0.25, 0.3) is 0 Å². The van der Waals surface area contributed by atoms with Crippen molar-refractivity contribution in [3.8, 4) is 11.5 Å². The van der Waals surface area contributed by atoms with Gasteiger partial charge in [-0.2, -0.15) is 0 Å². The lowest BCUT2D eigenvalue weighted by atomic mass is 10.0. The molecular weight excluding hydrogens is 395 g/mol. The van der Waals surface area contributed by atoms with E-state index >= 15 is 0 Å². The number of alkyl halides is 4. The second-order valence-corrected chi connectivity index (χ2v) is 6.91. The minimum absolute atomic E-state index is 0.198. The zero-order valence-corrected chi connectivity index (χ0v) is 15.8. The summed E-state index contributed by atoms with van der Waals surface area (Å²) in [4.78, 5) is 14.2. The Hall–Kier alpha value is -2.41. The molecule has 0 spiro atoms. The van der Waals surface area contributed by atoms with Crippen molar-refractivity contribution in [1.29, 1.82) is 0 Å². The Balaban J connectivity index is 1.75. The van der Waals surface area contributed by atoms with Gasteiger partial charge in [0, 0.05) is 6.54 Å². The Kier molecular flexibility index (Phi) is 6.03. The molecule has 0 aliphatic carbocycles. The molecule has 3 rings (SSSR count). The molecule has 1 aliphatic rings. The van der Waals surface area contributed by atoms with E-state index in [1.165, 1.54) is 24.3 Å². The Morgan fingerprint density at radius 1 is 1.07 bits per heavy atom. The van der Waals surface area contributed by atoms with Crippen LogP contribution in [0.2, 0.25) is 0 Å². The molecule has 2 aromatic carbocycles. The smallest absolute Gasteiger partial charge is 0.494 e. The van der Waals surface area contributed by atoms with Crippen LogP contribution in [0.5, 0.6) is 11.5 Å². The summed E-state index contributed by atoms with van der Waals surface area (Å²) in [7, 11) is 0. The van der Waals surface area contributed by atoms with Crippen LogP contribution in [-0.4, -0.2) is 29.2 Å². The van der Waals surface area contributed by atoms with Crippen molar-refractivity contribution >= 4 is 17.5 Å².